The van der Waals surface area contributed by atoms with Gasteiger partial charge in [-0.3, -0.25) is 0 Å². The van der Waals surface area contributed by atoms with Crippen molar-refractivity contribution in [3.63, 3.8) is 0 Å². The molecule has 62 valence electrons. The second kappa shape index (κ2) is 4.45. The maximum Gasteiger partial charge on any atom is 0.140 e. The van der Waals surface area contributed by atoms with Crippen molar-refractivity contribution >= 4 is 25.5 Å². The molecule has 3 heteroatoms. The van der Waals surface area contributed by atoms with Gasteiger partial charge in [0, 0.05) is 0 Å². The molecule has 0 amide bonds. The quantitative estimate of drug-likeness (QED) is 0.528. The Kier molecular flexibility index (Phi) is 3.53. The van der Waals surface area contributed by atoms with Crippen LogP contribution in [0.2, 0.25) is 0 Å². The van der Waals surface area contributed by atoms with Crippen molar-refractivity contribution in [1.29, 1.82) is 5.26 Å². The molecule has 0 aliphatic carbocycles. The maximum atomic E-state index is 8.51. The van der Waals surface area contributed by atoms with E-state index in [-0.39, 0.29) is 5.12 Å². The maximum absolute atomic E-state index is 8.51. The minimum absolute atomic E-state index is 0.381. The minimum atomic E-state index is -0.383. The number of hydrogen-bond acceptors (Lipinski definition) is 1. The number of aryl methyl sites for hydroxylation is 1. The first kappa shape index (κ1) is 9.52. The van der Waals surface area contributed by atoms with Crippen LogP contribution in [0.4, 0.5) is 0 Å². The van der Waals surface area contributed by atoms with Crippen molar-refractivity contribution in [1.82, 2.24) is 0 Å². The van der Waals surface area contributed by atoms with Crippen LogP contribution < -0.4 is 5.30 Å². The van der Waals surface area contributed by atoms with E-state index in [1.165, 1.54) is 10.9 Å². The average Bonchev–Trinajstić information content (AvgIpc) is 2.09. The van der Waals surface area contributed by atoms with Crippen molar-refractivity contribution in [2.45, 2.75) is 12.0 Å². The normalized spacial score (nSPS) is 13.1. The minimum Gasteiger partial charge on any atom is -0.196 e. The zero-order valence-electron chi connectivity index (χ0n) is 6.71. The summed E-state index contributed by atoms with van der Waals surface area (Å²) in [6, 6.07) is 10.0. The number of nitrogens with zero attached hydrogens (tertiary/aromatic N) is 1. The molecule has 1 aromatic carbocycles. The Morgan fingerprint density at radius 2 is 2.17 bits per heavy atom. The van der Waals surface area contributed by atoms with Gasteiger partial charge in [0.1, 0.15) is 5.12 Å². The van der Waals surface area contributed by atoms with Gasteiger partial charge in [-0.05, 0) is 17.8 Å². The number of hydrogen-bond donors (Lipinski definition) is 0. The Labute approximate surface area is 79.1 Å². The van der Waals surface area contributed by atoms with Crippen molar-refractivity contribution in [2.75, 3.05) is 0 Å². The molecule has 1 rings (SSSR count). The molecule has 0 saturated carbocycles. The molecular weight excluding hydrogens is 189 g/mol. The molecule has 12 heavy (non-hydrogen) atoms. The van der Waals surface area contributed by atoms with Gasteiger partial charge in [0.25, 0.3) is 0 Å². The van der Waals surface area contributed by atoms with E-state index in [0.717, 1.165) is 0 Å². The van der Waals surface area contributed by atoms with Crippen LogP contribution in [0, 0.1) is 18.3 Å². The Balaban J connectivity index is 2.77. The van der Waals surface area contributed by atoms with E-state index in [2.05, 4.69) is 0 Å². The lowest BCUT2D eigenvalue weighted by Gasteiger charge is -2.04. The Morgan fingerprint density at radius 1 is 1.50 bits per heavy atom. The summed E-state index contributed by atoms with van der Waals surface area (Å²) >= 11 is 5.72. The third-order valence-electron chi connectivity index (χ3n) is 1.54. The third-order valence-corrected chi connectivity index (χ3v) is 3.22. The Bertz CT molecular complexity index is 306. The fourth-order valence-electron chi connectivity index (χ4n) is 0.904. The number of rotatable bonds is 2. The molecule has 0 radical (unpaired) electrons. The summed E-state index contributed by atoms with van der Waals surface area (Å²) in [5.41, 5.74) is 1.21. The largest absolute Gasteiger partial charge is 0.196 e. The van der Waals surface area contributed by atoms with Gasteiger partial charge in [-0.15, -0.1) is 11.6 Å². The van der Waals surface area contributed by atoms with Crippen molar-refractivity contribution < 1.29 is 0 Å². The molecule has 0 heterocycles. The summed E-state index contributed by atoms with van der Waals surface area (Å²) < 4.78 is 0. The summed E-state index contributed by atoms with van der Waals surface area (Å²) in [7, 11) is 0.381. The lowest BCUT2D eigenvalue weighted by molar-refractivity contribution is 1.45. The fraction of sp³-hybridized carbons (Fsp3) is 0.222. The highest BCUT2D eigenvalue weighted by atomic mass is 35.5. The molecule has 2 unspecified atom stereocenters. The molecular formula is C9H9ClNP. The van der Waals surface area contributed by atoms with E-state index < -0.39 is 0 Å². The van der Waals surface area contributed by atoms with Crippen molar-refractivity contribution in [2.24, 2.45) is 0 Å². The lowest BCUT2D eigenvalue weighted by atomic mass is 10.2. The SMILES string of the molecule is Cc1ccccc1PC(Cl)C#N. The van der Waals surface area contributed by atoms with Gasteiger partial charge >= 0.3 is 0 Å². The van der Waals surface area contributed by atoms with E-state index in [9.17, 15) is 0 Å². The summed E-state index contributed by atoms with van der Waals surface area (Å²) in [6.07, 6.45) is 0. The van der Waals surface area contributed by atoms with Gasteiger partial charge in [0.15, 0.2) is 0 Å². The van der Waals surface area contributed by atoms with E-state index in [4.69, 9.17) is 16.9 Å². The van der Waals surface area contributed by atoms with Gasteiger partial charge in [0.2, 0.25) is 0 Å². The fourth-order valence-corrected chi connectivity index (χ4v) is 2.10. The molecule has 0 N–H and O–H groups in total. The molecule has 1 nitrogen and oxygen atoms in total. The third kappa shape index (κ3) is 2.48. The monoisotopic (exact) mass is 197 g/mol. The molecule has 0 aliphatic rings. The molecule has 0 bridgehead atoms. The molecule has 0 saturated heterocycles. The van der Waals surface area contributed by atoms with Gasteiger partial charge in [0.05, 0.1) is 6.07 Å². The van der Waals surface area contributed by atoms with Gasteiger partial charge in [-0.2, -0.15) is 5.26 Å². The molecule has 0 spiro atoms. The predicted molar refractivity (Wildman–Crippen MR) is 54.4 cm³/mol. The average molecular weight is 198 g/mol. The summed E-state index contributed by atoms with van der Waals surface area (Å²) in [4.78, 5) is 0. The molecule has 0 aliphatic heterocycles. The van der Waals surface area contributed by atoms with Crippen molar-refractivity contribution in [3.05, 3.63) is 29.8 Å². The smallest absolute Gasteiger partial charge is 0.140 e. The van der Waals surface area contributed by atoms with Crippen LogP contribution in [0.3, 0.4) is 0 Å². The van der Waals surface area contributed by atoms with Crippen LogP contribution in [-0.2, 0) is 0 Å². The van der Waals surface area contributed by atoms with Crippen LogP contribution in [0.1, 0.15) is 5.56 Å². The van der Waals surface area contributed by atoms with Gasteiger partial charge in [-0.1, -0.05) is 32.8 Å². The van der Waals surface area contributed by atoms with Crippen molar-refractivity contribution in [3.8, 4) is 6.07 Å². The number of alkyl halides is 1. The second-order valence-corrected chi connectivity index (χ2v) is 4.66. The van der Waals surface area contributed by atoms with Gasteiger partial charge < -0.3 is 0 Å². The number of benzene rings is 1. The summed E-state index contributed by atoms with van der Waals surface area (Å²) in [5, 5.41) is 9.31. The number of halogens is 1. The number of nitriles is 1. The highest BCUT2D eigenvalue weighted by molar-refractivity contribution is 7.50. The lowest BCUT2D eigenvalue weighted by Crippen LogP contribution is -2.02. The molecule has 1 aromatic rings. The summed E-state index contributed by atoms with van der Waals surface area (Å²) in [5.74, 6) is 0. The highest BCUT2D eigenvalue weighted by Gasteiger charge is 2.04. The zero-order valence-corrected chi connectivity index (χ0v) is 8.47. The first-order valence-electron chi connectivity index (χ1n) is 3.60. The van der Waals surface area contributed by atoms with Crippen LogP contribution in [0.15, 0.2) is 24.3 Å². The van der Waals surface area contributed by atoms with E-state index in [0.29, 0.717) is 8.58 Å². The molecule has 0 fully saturated rings. The van der Waals surface area contributed by atoms with Crippen LogP contribution in [-0.4, -0.2) is 5.12 Å². The predicted octanol–water partition coefficient (Wildman–Crippen LogP) is 2.39. The van der Waals surface area contributed by atoms with Gasteiger partial charge in [-0.25, -0.2) is 0 Å². The molecule has 2 atom stereocenters. The van der Waals surface area contributed by atoms with Crippen LogP contribution in [0.25, 0.3) is 0 Å². The van der Waals surface area contributed by atoms with E-state index in [1.807, 2.05) is 37.3 Å². The zero-order chi connectivity index (χ0) is 8.97. The van der Waals surface area contributed by atoms with E-state index in [1.54, 1.807) is 0 Å². The van der Waals surface area contributed by atoms with Crippen LogP contribution in [0.5, 0.6) is 0 Å². The van der Waals surface area contributed by atoms with Crippen LogP contribution >= 0.6 is 20.2 Å². The molecule has 0 aromatic heterocycles. The first-order chi connectivity index (χ1) is 5.74. The Hall–Kier alpha value is -0.570. The van der Waals surface area contributed by atoms with E-state index >= 15 is 0 Å². The first-order valence-corrected chi connectivity index (χ1v) is 5.11. The summed E-state index contributed by atoms with van der Waals surface area (Å²) in [6.45, 7) is 2.03. The highest BCUT2D eigenvalue weighted by Crippen LogP contribution is 2.22. The Morgan fingerprint density at radius 3 is 2.75 bits per heavy atom. The standard InChI is InChI=1S/C9H9ClNP/c1-7-4-2-3-5-8(7)12-9(10)6-11/h2-5,9,12H,1H3. The second-order valence-electron chi connectivity index (χ2n) is 2.45. The topological polar surface area (TPSA) is 23.8 Å².